The molecule has 1 N–H and O–H groups in total. The first-order valence-electron chi connectivity index (χ1n) is 11.1. The molecule has 1 aliphatic carbocycles. The van der Waals surface area contributed by atoms with Gasteiger partial charge in [-0.25, -0.2) is 13.8 Å². The van der Waals surface area contributed by atoms with Crippen LogP contribution in [0.1, 0.15) is 38.8 Å². The van der Waals surface area contributed by atoms with Crippen LogP contribution in [0.3, 0.4) is 0 Å². The Kier molecular flexibility index (Phi) is 4.96. The van der Waals surface area contributed by atoms with Gasteiger partial charge in [-0.15, -0.1) is 0 Å². The molecule has 2 aliphatic heterocycles. The van der Waals surface area contributed by atoms with Crippen molar-refractivity contribution in [2.45, 2.75) is 56.5 Å². The van der Waals surface area contributed by atoms with Crippen molar-refractivity contribution >= 4 is 23.4 Å². The van der Waals surface area contributed by atoms with Crippen molar-refractivity contribution in [3.8, 4) is 6.07 Å². The van der Waals surface area contributed by atoms with Gasteiger partial charge in [0.2, 0.25) is 11.9 Å². The second kappa shape index (κ2) is 7.61. The fourth-order valence-corrected chi connectivity index (χ4v) is 4.72. The molecule has 3 fully saturated rings. The second-order valence-corrected chi connectivity index (χ2v) is 9.59. The van der Waals surface area contributed by atoms with Gasteiger partial charge in [0.25, 0.3) is 5.92 Å². The summed E-state index contributed by atoms with van der Waals surface area (Å²) in [6.45, 7) is 4.75. The average Bonchev–Trinajstić information content (AvgIpc) is 3.36. The number of aromatic nitrogens is 3. The molecule has 33 heavy (non-hydrogen) atoms. The Morgan fingerprint density at radius 1 is 1.21 bits per heavy atom. The van der Waals surface area contributed by atoms with Gasteiger partial charge >= 0.3 is 0 Å². The van der Waals surface area contributed by atoms with Crippen molar-refractivity contribution < 1.29 is 13.6 Å². The van der Waals surface area contributed by atoms with Crippen LogP contribution in [0.25, 0.3) is 0 Å². The molecule has 2 aromatic rings. The maximum Gasteiger partial charge on any atom is 0.260 e. The average molecular weight is 453 g/mol. The molecule has 172 valence electrons. The number of hydrogen-bond donors (Lipinski definition) is 1. The van der Waals surface area contributed by atoms with Crippen LogP contribution in [0.5, 0.6) is 0 Å². The fourth-order valence-electron chi connectivity index (χ4n) is 4.72. The van der Waals surface area contributed by atoms with E-state index in [0.29, 0.717) is 30.4 Å². The maximum atomic E-state index is 13.4. The summed E-state index contributed by atoms with van der Waals surface area (Å²) in [5.41, 5.74) is 0.704. The number of carbonyl (C=O) groups is 1. The molecule has 8 nitrogen and oxygen atoms in total. The predicted octanol–water partition coefficient (Wildman–Crippen LogP) is 3.25. The first-order valence-corrected chi connectivity index (χ1v) is 11.1. The van der Waals surface area contributed by atoms with Gasteiger partial charge in [-0.05, 0) is 44.9 Å². The normalized spacial score (nSPS) is 25.5. The first-order chi connectivity index (χ1) is 15.7. The van der Waals surface area contributed by atoms with Crippen LogP contribution in [0.4, 0.5) is 26.2 Å². The van der Waals surface area contributed by atoms with E-state index in [1.165, 1.54) is 0 Å². The Balaban J connectivity index is 1.27. The third kappa shape index (κ3) is 3.96. The summed E-state index contributed by atoms with van der Waals surface area (Å²) < 4.78 is 26.9. The minimum Gasteiger partial charge on any atom is -0.352 e. The summed E-state index contributed by atoms with van der Waals surface area (Å²) in [4.78, 5) is 29.7. The quantitative estimate of drug-likeness (QED) is 0.742. The van der Waals surface area contributed by atoms with Crippen LogP contribution in [0.15, 0.2) is 30.6 Å². The molecule has 5 rings (SSSR count). The van der Waals surface area contributed by atoms with Gasteiger partial charge in [0.05, 0.1) is 29.1 Å². The number of piperazine rings is 1. The summed E-state index contributed by atoms with van der Waals surface area (Å²) in [5, 5.41) is 12.4. The van der Waals surface area contributed by atoms with Gasteiger partial charge in [-0.3, -0.25) is 9.78 Å². The Morgan fingerprint density at radius 3 is 2.48 bits per heavy atom. The van der Waals surface area contributed by atoms with E-state index in [-0.39, 0.29) is 18.5 Å². The van der Waals surface area contributed by atoms with E-state index >= 15 is 0 Å². The van der Waals surface area contributed by atoms with Crippen molar-refractivity contribution in [2.75, 3.05) is 23.3 Å². The zero-order valence-corrected chi connectivity index (χ0v) is 18.5. The van der Waals surface area contributed by atoms with Gasteiger partial charge in [0.15, 0.2) is 0 Å². The molecule has 10 heteroatoms. The molecule has 0 radical (unpaired) electrons. The van der Waals surface area contributed by atoms with Crippen molar-refractivity contribution in [1.29, 1.82) is 5.26 Å². The molecule has 1 unspecified atom stereocenters. The second-order valence-electron chi connectivity index (χ2n) is 9.59. The van der Waals surface area contributed by atoms with E-state index in [4.69, 9.17) is 0 Å². The van der Waals surface area contributed by atoms with Crippen LogP contribution in [0.2, 0.25) is 0 Å². The molecule has 1 saturated carbocycles. The molecule has 3 atom stereocenters. The third-order valence-corrected chi connectivity index (χ3v) is 6.77. The summed E-state index contributed by atoms with van der Waals surface area (Å²) >= 11 is 0. The highest BCUT2D eigenvalue weighted by atomic mass is 19.3. The number of fused-ring (bicyclic) bond motifs is 2. The standard InChI is InChI=1S/C23H25F2N7O/c1-22(2,13-26)18-6-3-14(10-28-18)29-21-27-8-7-19(30-21)31-11-15-4-5-16(12-31)32(15)20(33)17-9-23(17,24)25/h3,6-8,10,15-17H,4-5,9,11-12H2,1-2H3,(H,27,29,30)/t15-,16+,17?. The molecule has 2 saturated heterocycles. The molecule has 2 bridgehead atoms. The van der Waals surface area contributed by atoms with E-state index in [0.717, 1.165) is 18.7 Å². The van der Waals surface area contributed by atoms with E-state index in [9.17, 15) is 18.8 Å². The number of carbonyl (C=O) groups excluding carboxylic acids is 1. The summed E-state index contributed by atoms with van der Waals surface area (Å²) in [5.74, 6) is -3.24. The molecule has 1 amide bonds. The third-order valence-electron chi connectivity index (χ3n) is 6.77. The molecule has 2 aromatic heterocycles. The number of rotatable bonds is 5. The van der Waals surface area contributed by atoms with Crippen LogP contribution >= 0.6 is 0 Å². The van der Waals surface area contributed by atoms with Crippen molar-refractivity contribution in [1.82, 2.24) is 19.9 Å². The van der Waals surface area contributed by atoms with E-state index in [1.54, 1.807) is 23.4 Å². The highest BCUT2D eigenvalue weighted by Crippen LogP contribution is 2.51. The van der Waals surface area contributed by atoms with Gasteiger partial charge < -0.3 is 15.1 Å². The SMILES string of the molecule is CC(C)(C#N)c1ccc(Nc2nccc(N3C[C@H]4CC[C@@H](C3)N4C(=O)C3CC3(F)F)n2)cn1. The fraction of sp³-hybridized carbons (Fsp3) is 0.522. The van der Waals surface area contributed by atoms with Gasteiger partial charge in [-0.2, -0.15) is 10.2 Å². The number of halogens is 2. The largest absolute Gasteiger partial charge is 0.352 e. The molecule has 3 aliphatic rings. The number of nitriles is 1. The Bertz CT molecular complexity index is 1100. The van der Waals surface area contributed by atoms with Crippen LogP contribution in [-0.2, 0) is 10.2 Å². The van der Waals surface area contributed by atoms with E-state index in [1.807, 2.05) is 26.0 Å². The lowest BCUT2D eigenvalue weighted by Gasteiger charge is -2.41. The van der Waals surface area contributed by atoms with Gasteiger partial charge in [0.1, 0.15) is 11.7 Å². The summed E-state index contributed by atoms with van der Waals surface area (Å²) in [7, 11) is 0. The Labute approximate surface area is 190 Å². The number of pyridine rings is 1. The van der Waals surface area contributed by atoms with E-state index in [2.05, 4.69) is 31.2 Å². The maximum absolute atomic E-state index is 13.4. The highest BCUT2D eigenvalue weighted by Gasteiger charge is 2.64. The number of anilines is 3. The van der Waals surface area contributed by atoms with Crippen molar-refractivity contribution in [2.24, 2.45) is 5.92 Å². The Hall–Kier alpha value is -3.35. The molecular formula is C23H25F2N7O. The smallest absolute Gasteiger partial charge is 0.260 e. The predicted molar refractivity (Wildman–Crippen MR) is 117 cm³/mol. The lowest BCUT2D eigenvalue weighted by Crippen LogP contribution is -2.56. The molecular weight excluding hydrogens is 428 g/mol. The zero-order valence-electron chi connectivity index (χ0n) is 18.5. The van der Waals surface area contributed by atoms with Crippen molar-refractivity contribution in [3.05, 3.63) is 36.3 Å². The van der Waals surface area contributed by atoms with Crippen molar-refractivity contribution in [3.63, 3.8) is 0 Å². The topological polar surface area (TPSA) is 98.0 Å². The lowest BCUT2D eigenvalue weighted by atomic mass is 9.91. The van der Waals surface area contributed by atoms with Gasteiger partial charge in [0, 0.05) is 37.8 Å². The summed E-state index contributed by atoms with van der Waals surface area (Å²) in [6.07, 6.45) is 4.62. The number of hydrogen-bond acceptors (Lipinski definition) is 7. The van der Waals surface area contributed by atoms with Crippen LogP contribution < -0.4 is 10.2 Å². The molecule has 4 heterocycles. The van der Waals surface area contributed by atoms with Crippen LogP contribution in [0, 0.1) is 17.2 Å². The Morgan fingerprint density at radius 2 is 1.91 bits per heavy atom. The number of alkyl halides is 2. The lowest BCUT2D eigenvalue weighted by molar-refractivity contribution is -0.138. The first kappa shape index (κ1) is 21.5. The zero-order chi connectivity index (χ0) is 23.4. The number of amides is 1. The van der Waals surface area contributed by atoms with Gasteiger partial charge in [-0.1, -0.05) is 0 Å². The number of nitrogens with one attached hydrogen (secondary N) is 1. The van der Waals surface area contributed by atoms with E-state index < -0.39 is 23.2 Å². The summed E-state index contributed by atoms with van der Waals surface area (Å²) in [6, 6.07) is 7.53. The minimum absolute atomic E-state index is 0.0701. The number of nitrogens with zero attached hydrogens (tertiary/aromatic N) is 6. The molecule has 0 spiro atoms. The minimum atomic E-state index is -2.84. The molecule has 0 aromatic carbocycles. The highest BCUT2D eigenvalue weighted by molar-refractivity contribution is 5.84. The van der Waals surface area contributed by atoms with Crippen LogP contribution in [-0.4, -0.2) is 56.9 Å². The monoisotopic (exact) mass is 453 g/mol.